The number of hydrogen-bond donors (Lipinski definition) is 1. The number of carboxylic acid groups (broad SMARTS) is 1. The van der Waals surface area contributed by atoms with Gasteiger partial charge in [-0.05, 0) is 4.99 Å². The van der Waals surface area contributed by atoms with E-state index >= 15 is 0 Å². The Kier molecular flexibility index (Phi) is 9.57. The zero-order valence-electron chi connectivity index (χ0n) is 3.19. The van der Waals surface area contributed by atoms with Crippen molar-refractivity contribution in [1.82, 2.24) is 0 Å². The molecule has 0 rings (SSSR count). The number of hydrogen-bond acceptors (Lipinski definition) is 1. The molecule has 0 saturated carbocycles. The van der Waals surface area contributed by atoms with E-state index < -0.39 is 5.97 Å². The summed E-state index contributed by atoms with van der Waals surface area (Å²) in [5, 5.41) is 7.80. The Labute approximate surface area is 65.2 Å². The van der Waals surface area contributed by atoms with Gasteiger partial charge in [-0.3, -0.25) is 0 Å². The number of aliphatic carboxylic acids is 1. The van der Waals surface area contributed by atoms with Crippen LogP contribution in [0.2, 0.25) is 0 Å². The summed E-state index contributed by atoms with van der Waals surface area (Å²) in [6.07, 6.45) is 1.00. The van der Waals surface area contributed by atoms with E-state index in [-0.39, 0.29) is 22.4 Å². The van der Waals surface area contributed by atoms with Crippen LogP contribution < -0.4 is 0 Å². The van der Waals surface area contributed by atoms with Crippen LogP contribution in [0.4, 0.5) is 0 Å². The van der Waals surface area contributed by atoms with E-state index in [2.05, 4.69) is 15.9 Å². The van der Waals surface area contributed by atoms with Crippen LogP contribution in [0, 0.1) is 0 Å². The molecule has 0 aromatic carbocycles. The molecule has 0 saturated heterocycles. The number of halogens is 1. The van der Waals surface area contributed by atoms with Crippen LogP contribution in [0.25, 0.3) is 0 Å². The van der Waals surface area contributed by atoms with Gasteiger partial charge in [-0.2, -0.15) is 0 Å². The van der Waals surface area contributed by atoms with E-state index in [0.29, 0.717) is 0 Å². The first-order chi connectivity index (χ1) is 2.77. The predicted octanol–water partition coefficient (Wildman–Crippen LogP) is 0.977. The number of rotatable bonds is 1. The minimum atomic E-state index is -0.938. The molecule has 0 aromatic heterocycles. The van der Waals surface area contributed by atoms with Crippen LogP contribution in [-0.4, -0.2) is 11.1 Å². The molecule has 0 aliphatic rings. The van der Waals surface area contributed by atoms with Crippen molar-refractivity contribution in [2.75, 3.05) is 0 Å². The molecule has 4 heteroatoms. The van der Waals surface area contributed by atoms with Gasteiger partial charge < -0.3 is 5.11 Å². The van der Waals surface area contributed by atoms with Gasteiger partial charge in [0.2, 0.25) is 0 Å². The molecular formula is C3H3AgBrO2. The monoisotopic (exact) mass is 257 g/mol. The zero-order valence-corrected chi connectivity index (χ0v) is 6.26. The van der Waals surface area contributed by atoms with Crippen molar-refractivity contribution >= 4 is 21.9 Å². The van der Waals surface area contributed by atoms with Gasteiger partial charge in [0, 0.05) is 28.5 Å². The van der Waals surface area contributed by atoms with Gasteiger partial charge in [-0.15, -0.1) is 0 Å². The summed E-state index contributed by atoms with van der Waals surface area (Å²) in [6.45, 7) is 0. The van der Waals surface area contributed by atoms with E-state index in [0.717, 1.165) is 6.08 Å². The van der Waals surface area contributed by atoms with E-state index in [4.69, 9.17) is 5.11 Å². The molecule has 45 valence electrons. The Morgan fingerprint density at radius 3 is 2.14 bits per heavy atom. The average Bonchev–Trinajstić information content (AvgIpc) is 1.35. The van der Waals surface area contributed by atoms with Crippen LogP contribution in [-0.2, 0) is 27.2 Å². The summed E-state index contributed by atoms with van der Waals surface area (Å²) in [7, 11) is 0. The molecule has 7 heavy (non-hydrogen) atoms. The number of carbonyl (C=O) groups is 1. The second-order valence-corrected chi connectivity index (χ2v) is 1.16. The topological polar surface area (TPSA) is 37.3 Å². The van der Waals surface area contributed by atoms with Crippen LogP contribution >= 0.6 is 15.9 Å². The molecule has 0 bridgehead atoms. The summed E-state index contributed by atoms with van der Waals surface area (Å²) in [5.41, 5.74) is 0. The van der Waals surface area contributed by atoms with Crippen molar-refractivity contribution in [2.24, 2.45) is 0 Å². The fourth-order valence-corrected chi connectivity index (χ4v) is 0.280. The fraction of sp³-hybridized carbons (Fsp3) is 0. The van der Waals surface area contributed by atoms with Crippen LogP contribution in [0.1, 0.15) is 0 Å². The van der Waals surface area contributed by atoms with Crippen LogP contribution in [0.3, 0.4) is 0 Å². The van der Waals surface area contributed by atoms with Crippen molar-refractivity contribution < 1.29 is 32.3 Å². The van der Waals surface area contributed by atoms with Gasteiger partial charge in [0.05, 0.1) is 0 Å². The van der Waals surface area contributed by atoms with Crippen LogP contribution in [0.5, 0.6) is 0 Å². The average molecular weight is 259 g/mol. The molecule has 0 aliphatic carbocycles. The second-order valence-electron chi connectivity index (χ2n) is 0.631. The standard InChI is InChI=1S/C3H3BrO2.Ag/c4-2-1-3(5)6;/h1-2H,(H,5,6);. The Balaban J connectivity index is 0. The molecular weight excluding hydrogens is 256 g/mol. The molecule has 1 radical (unpaired) electrons. The molecule has 0 spiro atoms. The second kappa shape index (κ2) is 6.43. The first-order valence-electron chi connectivity index (χ1n) is 1.27. The maximum absolute atomic E-state index is 9.48. The molecule has 0 aliphatic heterocycles. The predicted molar refractivity (Wildman–Crippen MR) is 25.7 cm³/mol. The molecule has 0 amide bonds. The molecule has 0 atom stereocenters. The SMILES string of the molecule is O=C(O)C=CBr.[Ag]. The quantitative estimate of drug-likeness (QED) is 0.562. The molecule has 0 unspecified atom stereocenters. The maximum Gasteiger partial charge on any atom is 0.328 e. The van der Waals surface area contributed by atoms with Crippen LogP contribution in [0.15, 0.2) is 11.1 Å². The summed E-state index contributed by atoms with van der Waals surface area (Å²) in [4.78, 5) is 10.8. The van der Waals surface area contributed by atoms with E-state index in [9.17, 15) is 4.79 Å². The Bertz CT molecular complexity index is 81.0. The fourth-order valence-electron chi connectivity index (χ4n) is 0.0539. The minimum Gasteiger partial charge on any atom is -0.478 e. The largest absolute Gasteiger partial charge is 0.478 e. The Morgan fingerprint density at radius 1 is 1.71 bits per heavy atom. The van der Waals surface area contributed by atoms with Gasteiger partial charge in [0.25, 0.3) is 0 Å². The zero-order chi connectivity index (χ0) is 4.99. The van der Waals surface area contributed by atoms with E-state index in [1.807, 2.05) is 0 Å². The summed E-state index contributed by atoms with van der Waals surface area (Å²) >= 11 is 2.79. The maximum atomic E-state index is 9.48. The minimum absolute atomic E-state index is 0. The van der Waals surface area contributed by atoms with Crippen molar-refractivity contribution in [3.63, 3.8) is 0 Å². The third kappa shape index (κ3) is 10.7. The van der Waals surface area contributed by atoms with Crippen molar-refractivity contribution in [2.45, 2.75) is 0 Å². The molecule has 0 aromatic rings. The first kappa shape index (κ1) is 10.4. The van der Waals surface area contributed by atoms with Gasteiger partial charge in [-0.1, -0.05) is 15.9 Å². The van der Waals surface area contributed by atoms with E-state index in [1.165, 1.54) is 4.99 Å². The van der Waals surface area contributed by atoms with E-state index in [1.54, 1.807) is 0 Å². The van der Waals surface area contributed by atoms with Gasteiger partial charge in [0.1, 0.15) is 0 Å². The van der Waals surface area contributed by atoms with Crippen molar-refractivity contribution in [1.29, 1.82) is 0 Å². The normalized spacial score (nSPS) is 8.14. The number of carboxylic acids is 1. The molecule has 2 nitrogen and oxygen atoms in total. The first-order valence-corrected chi connectivity index (χ1v) is 2.18. The molecule has 0 heterocycles. The molecule has 0 fully saturated rings. The molecule has 1 N–H and O–H groups in total. The Hall–Kier alpha value is 0.430. The Morgan fingerprint density at radius 2 is 2.14 bits per heavy atom. The van der Waals surface area contributed by atoms with Gasteiger partial charge in [-0.25, -0.2) is 4.79 Å². The van der Waals surface area contributed by atoms with Gasteiger partial charge in [0.15, 0.2) is 0 Å². The smallest absolute Gasteiger partial charge is 0.328 e. The summed E-state index contributed by atoms with van der Waals surface area (Å²) in [6, 6.07) is 0. The van der Waals surface area contributed by atoms with Crippen molar-refractivity contribution in [3.05, 3.63) is 11.1 Å². The summed E-state index contributed by atoms with van der Waals surface area (Å²) < 4.78 is 0. The third-order valence-corrected chi connectivity index (χ3v) is 0.470. The van der Waals surface area contributed by atoms with Crippen molar-refractivity contribution in [3.8, 4) is 0 Å². The summed E-state index contributed by atoms with van der Waals surface area (Å²) in [5.74, 6) is -0.938. The van der Waals surface area contributed by atoms with Gasteiger partial charge >= 0.3 is 5.97 Å². The third-order valence-electron chi connectivity index (χ3n) is 0.206.